The summed E-state index contributed by atoms with van der Waals surface area (Å²) in [6.07, 6.45) is 0.738. The molecule has 0 heterocycles. The van der Waals surface area contributed by atoms with E-state index in [2.05, 4.69) is 0 Å². The van der Waals surface area contributed by atoms with Crippen LogP contribution in [0, 0.1) is 11.3 Å². The second-order valence-electron chi connectivity index (χ2n) is 5.80. The topological polar surface area (TPSA) is 101 Å². The average molecular weight is 293 g/mol. The molecule has 0 spiro atoms. The number of aliphatic hydroxyl groups excluding tert-OH is 3. The smallest absolute Gasteiger partial charge is 0.309 e. The molecule has 0 aliphatic heterocycles. The van der Waals surface area contributed by atoms with E-state index in [-0.39, 0.29) is 19.8 Å². The molecule has 6 heteroatoms. The molecule has 0 atom stereocenters. The Bertz CT molecular complexity index is 229. The van der Waals surface area contributed by atoms with Gasteiger partial charge in [0.1, 0.15) is 0 Å². The van der Waals surface area contributed by atoms with Crippen LogP contribution in [0.1, 0.15) is 34.1 Å². The molecule has 0 fully saturated rings. The number of hydrogen-bond acceptors (Lipinski definition) is 5. The molecule has 0 aliphatic carbocycles. The van der Waals surface area contributed by atoms with Crippen molar-refractivity contribution < 1.29 is 25.2 Å². The molecule has 0 aromatic heterocycles. The Kier molecular flexibility index (Phi) is 13.1. The SMILES string of the molecule is CC(C)CC(C)(C)C(=O)O.OCCN(CCO)CCO. The van der Waals surface area contributed by atoms with Crippen molar-refractivity contribution in [2.75, 3.05) is 39.5 Å². The Hall–Kier alpha value is -0.690. The highest BCUT2D eigenvalue weighted by Crippen LogP contribution is 2.24. The fourth-order valence-electron chi connectivity index (χ4n) is 1.87. The van der Waals surface area contributed by atoms with E-state index >= 15 is 0 Å². The summed E-state index contributed by atoms with van der Waals surface area (Å²) >= 11 is 0. The van der Waals surface area contributed by atoms with Crippen molar-refractivity contribution in [2.45, 2.75) is 34.1 Å². The van der Waals surface area contributed by atoms with Crippen molar-refractivity contribution in [1.29, 1.82) is 0 Å². The molecule has 0 amide bonds. The summed E-state index contributed by atoms with van der Waals surface area (Å²) in [7, 11) is 0. The van der Waals surface area contributed by atoms with E-state index in [9.17, 15) is 4.79 Å². The van der Waals surface area contributed by atoms with Crippen LogP contribution in [0.5, 0.6) is 0 Å². The van der Waals surface area contributed by atoms with E-state index in [1.807, 2.05) is 13.8 Å². The van der Waals surface area contributed by atoms with Gasteiger partial charge < -0.3 is 20.4 Å². The van der Waals surface area contributed by atoms with E-state index in [1.165, 1.54) is 0 Å². The van der Waals surface area contributed by atoms with Gasteiger partial charge in [0.15, 0.2) is 0 Å². The fourth-order valence-corrected chi connectivity index (χ4v) is 1.87. The monoisotopic (exact) mass is 293 g/mol. The van der Waals surface area contributed by atoms with Crippen LogP contribution in [0.2, 0.25) is 0 Å². The van der Waals surface area contributed by atoms with Crippen molar-refractivity contribution in [3.05, 3.63) is 0 Å². The largest absolute Gasteiger partial charge is 0.481 e. The zero-order chi connectivity index (χ0) is 16.2. The van der Waals surface area contributed by atoms with Gasteiger partial charge in [0.25, 0.3) is 0 Å². The van der Waals surface area contributed by atoms with Gasteiger partial charge in [-0.15, -0.1) is 0 Å². The molecule has 6 nitrogen and oxygen atoms in total. The number of aliphatic carboxylic acids is 1. The van der Waals surface area contributed by atoms with Gasteiger partial charge in [-0.25, -0.2) is 0 Å². The summed E-state index contributed by atoms with van der Waals surface area (Å²) in [4.78, 5) is 12.3. The maximum Gasteiger partial charge on any atom is 0.309 e. The van der Waals surface area contributed by atoms with E-state index in [0.717, 1.165) is 6.42 Å². The third kappa shape index (κ3) is 12.3. The van der Waals surface area contributed by atoms with Crippen LogP contribution in [0.3, 0.4) is 0 Å². The van der Waals surface area contributed by atoms with E-state index in [0.29, 0.717) is 25.6 Å². The quantitative estimate of drug-likeness (QED) is 0.491. The van der Waals surface area contributed by atoms with Crippen molar-refractivity contribution in [2.24, 2.45) is 11.3 Å². The molecule has 0 unspecified atom stereocenters. The van der Waals surface area contributed by atoms with Crippen LogP contribution < -0.4 is 0 Å². The second-order valence-corrected chi connectivity index (χ2v) is 5.80. The minimum atomic E-state index is -0.707. The normalized spacial score (nSPS) is 11.4. The zero-order valence-corrected chi connectivity index (χ0v) is 13.2. The van der Waals surface area contributed by atoms with Crippen molar-refractivity contribution in [3.8, 4) is 0 Å². The molecule has 0 saturated heterocycles. The molecule has 122 valence electrons. The van der Waals surface area contributed by atoms with Crippen LogP contribution in [-0.2, 0) is 4.79 Å². The van der Waals surface area contributed by atoms with E-state index in [1.54, 1.807) is 18.7 Å². The number of nitrogens with zero attached hydrogens (tertiary/aromatic N) is 1. The van der Waals surface area contributed by atoms with E-state index < -0.39 is 11.4 Å². The van der Waals surface area contributed by atoms with Crippen LogP contribution in [0.25, 0.3) is 0 Å². The first-order chi connectivity index (χ1) is 9.21. The Morgan fingerprint density at radius 3 is 1.50 bits per heavy atom. The molecule has 4 N–H and O–H groups in total. The zero-order valence-electron chi connectivity index (χ0n) is 13.2. The van der Waals surface area contributed by atoms with Crippen molar-refractivity contribution >= 4 is 5.97 Å². The molecule has 0 saturated carbocycles. The Balaban J connectivity index is 0. The number of carboxylic acid groups (broad SMARTS) is 1. The minimum absolute atomic E-state index is 0.0694. The molecule has 0 aromatic carbocycles. The van der Waals surface area contributed by atoms with Gasteiger partial charge in [0.2, 0.25) is 0 Å². The lowest BCUT2D eigenvalue weighted by molar-refractivity contribution is -0.147. The first-order valence-electron chi connectivity index (χ1n) is 6.99. The average Bonchev–Trinajstić information content (AvgIpc) is 2.29. The van der Waals surface area contributed by atoms with Gasteiger partial charge in [-0.2, -0.15) is 0 Å². The summed E-state index contributed by atoms with van der Waals surface area (Å²) in [5, 5.41) is 34.1. The molecule has 0 aromatic rings. The fraction of sp³-hybridized carbons (Fsp3) is 0.929. The third-order valence-corrected chi connectivity index (χ3v) is 2.75. The summed E-state index contributed by atoms with van der Waals surface area (Å²) < 4.78 is 0. The lowest BCUT2D eigenvalue weighted by atomic mass is 9.84. The lowest BCUT2D eigenvalue weighted by Gasteiger charge is -2.20. The lowest BCUT2D eigenvalue weighted by Crippen LogP contribution is -2.32. The summed E-state index contributed by atoms with van der Waals surface area (Å²) in [5.74, 6) is -0.257. The predicted octanol–water partition coefficient (Wildman–Crippen LogP) is 0.409. The summed E-state index contributed by atoms with van der Waals surface area (Å²) in [5.41, 5.74) is -0.561. The van der Waals surface area contributed by atoms with Gasteiger partial charge in [-0.3, -0.25) is 9.69 Å². The van der Waals surface area contributed by atoms with Gasteiger partial charge in [-0.1, -0.05) is 13.8 Å². The number of carbonyl (C=O) groups is 1. The Labute approximate surface area is 122 Å². The standard InChI is InChI=1S/C8H16O2.C6H15NO3/c1-6(2)5-8(3,4)7(9)10;8-4-1-7(2-5-9)3-6-10/h6H,5H2,1-4H3,(H,9,10);8-10H,1-6H2. The van der Waals surface area contributed by atoms with Gasteiger partial charge in [-0.05, 0) is 26.2 Å². The number of hydrogen-bond donors (Lipinski definition) is 4. The maximum atomic E-state index is 10.6. The molecule has 0 aliphatic rings. The molecule has 20 heavy (non-hydrogen) atoms. The van der Waals surface area contributed by atoms with Gasteiger partial charge in [0.05, 0.1) is 25.2 Å². The highest BCUT2D eigenvalue weighted by Gasteiger charge is 2.27. The van der Waals surface area contributed by atoms with Crippen molar-refractivity contribution in [3.63, 3.8) is 0 Å². The number of aliphatic hydroxyl groups is 3. The maximum absolute atomic E-state index is 10.6. The Morgan fingerprint density at radius 2 is 1.35 bits per heavy atom. The van der Waals surface area contributed by atoms with Crippen LogP contribution in [0.4, 0.5) is 0 Å². The number of carboxylic acids is 1. The molecule has 0 rings (SSSR count). The van der Waals surface area contributed by atoms with E-state index in [4.69, 9.17) is 20.4 Å². The number of rotatable bonds is 9. The predicted molar refractivity (Wildman–Crippen MR) is 78.6 cm³/mol. The molecule has 0 radical (unpaired) electrons. The molecular weight excluding hydrogens is 262 g/mol. The highest BCUT2D eigenvalue weighted by molar-refractivity contribution is 5.73. The highest BCUT2D eigenvalue weighted by atomic mass is 16.4. The second kappa shape index (κ2) is 12.1. The Morgan fingerprint density at radius 1 is 1.00 bits per heavy atom. The van der Waals surface area contributed by atoms with Gasteiger partial charge >= 0.3 is 5.97 Å². The summed E-state index contributed by atoms with van der Waals surface area (Å²) in [6, 6.07) is 0. The molecule has 0 bridgehead atoms. The van der Waals surface area contributed by atoms with Gasteiger partial charge in [0, 0.05) is 19.6 Å². The minimum Gasteiger partial charge on any atom is -0.481 e. The first kappa shape index (κ1) is 21.6. The van der Waals surface area contributed by atoms with Crippen LogP contribution in [-0.4, -0.2) is 70.8 Å². The third-order valence-electron chi connectivity index (χ3n) is 2.75. The van der Waals surface area contributed by atoms with Crippen molar-refractivity contribution in [1.82, 2.24) is 4.90 Å². The first-order valence-corrected chi connectivity index (χ1v) is 6.99. The molecular formula is C14H31NO5. The van der Waals surface area contributed by atoms with Crippen LogP contribution >= 0.6 is 0 Å². The summed E-state index contributed by atoms with van der Waals surface area (Å²) in [6.45, 7) is 9.34. The van der Waals surface area contributed by atoms with Crippen LogP contribution in [0.15, 0.2) is 0 Å².